The van der Waals surface area contributed by atoms with E-state index in [1.807, 2.05) is 0 Å². The Morgan fingerprint density at radius 1 is 1.00 bits per heavy atom. The Labute approximate surface area is 99.9 Å². The van der Waals surface area contributed by atoms with E-state index in [0.717, 1.165) is 0 Å². The van der Waals surface area contributed by atoms with Crippen molar-refractivity contribution >= 4 is 5.97 Å². The summed E-state index contributed by atoms with van der Waals surface area (Å²) < 4.78 is 23.5. The fourth-order valence-electron chi connectivity index (χ4n) is 1.95. The molecule has 0 rings (SSSR count). The van der Waals surface area contributed by atoms with Crippen molar-refractivity contribution in [2.75, 3.05) is 0 Å². The zero-order chi connectivity index (χ0) is 13.2. The molecule has 0 fully saturated rings. The average Bonchev–Trinajstić information content (AvgIpc) is 1.99. The zero-order valence-electron chi connectivity index (χ0n) is 11.4. The van der Waals surface area contributed by atoms with Crippen LogP contribution < -0.4 is 0 Å². The van der Waals surface area contributed by atoms with Crippen LogP contribution in [0.1, 0.15) is 48.5 Å². The minimum atomic E-state index is -4.93. The molecule has 0 atom stereocenters. The summed E-state index contributed by atoms with van der Waals surface area (Å²) in [7, 11) is 0. The Bertz CT molecular complexity index is 306. The first-order chi connectivity index (χ1) is 7.03. The van der Waals surface area contributed by atoms with Gasteiger partial charge in [-0.25, -0.2) is 0 Å². The summed E-state index contributed by atoms with van der Waals surface area (Å²) in [5, 5.41) is 0. The normalized spacial score (nSPS) is 13.7. The van der Waals surface area contributed by atoms with Crippen molar-refractivity contribution in [1.82, 2.24) is 0 Å². The first-order valence-electron chi connectivity index (χ1n) is 5.80. The molecule has 4 nitrogen and oxygen atoms in total. The molecule has 0 aromatic carbocycles. The van der Waals surface area contributed by atoms with Crippen LogP contribution in [0.5, 0.6) is 0 Å². The number of rotatable bonds is 5. The summed E-state index contributed by atoms with van der Waals surface area (Å²) in [6, 6.07) is 0. The van der Waals surface area contributed by atoms with Crippen molar-refractivity contribution in [3.8, 4) is 0 Å². The van der Waals surface area contributed by atoms with Crippen LogP contribution in [-0.2, 0) is 30.8 Å². The van der Waals surface area contributed by atoms with E-state index in [4.69, 9.17) is 6.64 Å². The molecule has 0 aliphatic heterocycles. The van der Waals surface area contributed by atoms with Gasteiger partial charge in [0, 0.05) is 0 Å². The van der Waals surface area contributed by atoms with Crippen LogP contribution in [0.4, 0.5) is 0 Å². The summed E-state index contributed by atoms with van der Waals surface area (Å²) in [6.07, 6.45) is -0.223. The number of hydrogen-bond acceptors (Lipinski definition) is 4. The topological polar surface area (TPSA) is 52.6 Å². The standard InChI is InChI=1S/C3H7O.2C3H7.C2H4O2.O.Ti/c1-3(2)4;2*1-3-2;1-2(3)4;;/h3H,1-2H3;2*3H,1-2H3;1H3,(H,3,4);;/q-1;;;;;+2/p-1. The molecule has 0 aromatic heterocycles. The predicted octanol–water partition coefficient (Wildman–Crippen LogP) is 3.50. The van der Waals surface area contributed by atoms with Crippen LogP contribution in [0.25, 0.3) is 0 Å². The Hall–Kier alpha value is -0.0557. The molecule has 0 aliphatic carbocycles. The summed E-state index contributed by atoms with van der Waals surface area (Å²) in [5.74, 6) is -0.532. The molecule has 96 valence electrons. The van der Waals surface area contributed by atoms with Crippen LogP contribution in [0.15, 0.2) is 0 Å². The van der Waals surface area contributed by atoms with Gasteiger partial charge in [0.2, 0.25) is 0 Å². The second kappa shape index (κ2) is 5.07. The average molecular weight is 268 g/mol. The SMILES string of the molecule is CC(=O)[O][Ti](=[O])([O]C(C)C)([CH](C)C)[CH](C)C. The van der Waals surface area contributed by atoms with Crippen LogP contribution in [-0.4, -0.2) is 12.1 Å². The molecule has 0 heterocycles. The van der Waals surface area contributed by atoms with Gasteiger partial charge in [-0.2, -0.15) is 0 Å². The van der Waals surface area contributed by atoms with Gasteiger partial charge in [0.15, 0.2) is 0 Å². The number of carbonyl (C=O) groups excluding carboxylic acids is 1. The molecule has 0 aromatic rings. The first kappa shape index (κ1) is 15.9. The summed E-state index contributed by atoms with van der Waals surface area (Å²) in [5.41, 5.74) is 0. The zero-order valence-corrected chi connectivity index (χ0v) is 12.9. The quantitative estimate of drug-likeness (QED) is 0.716. The van der Waals surface area contributed by atoms with Gasteiger partial charge in [-0.1, -0.05) is 0 Å². The van der Waals surface area contributed by atoms with Gasteiger partial charge in [-0.05, 0) is 0 Å². The molecule has 0 saturated carbocycles. The minimum absolute atomic E-state index is 0.223. The van der Waals surface area contributed by atoms with Crippen LogP contribution in [0.3, 0.4) is 0 Å². The molecule has 0 saturated heterocycles. The molecule has 0 radical (unpaired) electrons. The van der Waals surface area contributed by atoms with Crippen LogP contribution >= 0.6 is 0 Å². The monoisotopic (exact) mass is 268 g/mol. The van der Waals surface area contributed by atoms with Crippen molar-refractivity contribution in [3.05, 3.63) is 0 Å². The molecular weight excluding hydrogens is 244 g/mol. The van der Waals surface area contributed by atoms with E-state index in [1.165, 1.54) is 6.92 Å². The van der Waals surface area contributed by atoms with Gasteiger partial charge in [0.05, 0.1) is 0 Å². The van der Waals surface area contributed by atoms with E-state index in [2.05, 4.69) is 0 Å². The summed E-state index contributed by atoms with van der Waals surface area (Å²) in [6.45, 7) is 12.0. The molecule has 0 aliphatic rings. The Balaban J connectivity index is 5.59. The third-order valence-electron chi connectivity index (χ3n) is 2.89. The van der Waals surface area contributed by atoms with Crippen LogP contribution in [0, 0.1) is 0 Å². The van der Waals surface area contributed by atoms with Gasteiger partial charge in [-0.15, -0.1) is 0 Å². The molecular formula is C11H24O4Ti. The molecule has 0 spiro atoms. The van der Waals surface area contributed by atoms with E-state index in [1.54, 1.807) is 41.5 Å². The number of carbonyl (C=O) groups is 1. The van der Waals surface area contributed by atoms with E-state index < -0.39 is 22.0 Å². The van der Waals surface area contributed by atoms with Gasteiger partial charge in [0.1, 0.15) is 0 Å². The van der Waals surface area contributed by atoms with Crippen molar-refractivity contribution in [1.29, 1.82) is 0 Å². The van der Waals surface area contributed by atoms with E-state index in [9.17, 15) is 8.12 Å². The van der Waals surface area contributed by atoms with E-state index >= 15 is 0 Å². The summed E-state index contributed by atoms with van der Waals surface area (Å²) in [4.78, 5) is 11.2. The summed E-state index contributed by atoms with van der Waals surface area (Å²) >= 11 is -4.93. The molecule has 0 bridgehead atoms. The maximum absolute atomic E-state index is 13.2. The second-order valence-electron chi connectivity index (χ2n) is 5.19. The number of hydrogen-bond donors (Lipinski definition) is 0. The third kappa shape index (κ3) is 2.99. The molecule has 5 heteroatoms. The van der Waals surface area contributed by atoms with Crippen LogP contribution in [0.2, 0.25) is 8.45 Å². The van der Waals surface area contributed by atoms with Crippen molar-refractivity contribution < 1.29 is 30.8 Å². The second-order valence-corrected chi connectivity index (χ2v) is 13.0. The van der Waals surface area contributed by atoms with Crippen molar-refractivity contribution in [2.45, 2.75) is 63.0 Å². The maximum atomic E-state index is 13.2. The van der Waals surface area contributed by atoms with E-state index in [0.29, 0.717) is 0 Å². The predicted molar refractivity (Wildman–Crippen MR) is 58.9 cm³/mol. The van der Waals surface area contributed by atoms with Crippen molar-refractivity contribution in [3.63, 3.8) is 0 Å². The van der Waals surface area contributed by atoms with Crippen molar-refractivity contribution in [2.24, 2.45) is 0 Å². The fraction of sp³-hybridized carbons (Fsp3) is 0.909. The molecule has 0 unspecified atom stereocenters. The Morgan fingerprint density at radius 3 is 1.56 bits per heavy atom. The van der Waals surface area contributed by atoms with E-state index in [-0.39, 0.29) is 14.5 Å². The molecule has 16 heavy (non-hydrogen) atoms. The first-order valence-corrected chi connectivity index (χ1v) is 9.51. The fourth-order valence-corrected chi connectivity index (χ4v) is 8.03. The van der Waals surface area contributed by atoms with Gasteiger partial charge in [0.25, 0.3) is 0 Å². The van der Waals surface area contributed by atoms with Gasteiger partial charge in [-0.3, -0.25) is 0 Å². The molecule has 0 amide bonds. The third-order valence-corrected chi connectivity index (χ3v) is 11.9. The van der Waals surface area contributed by atoms with Gasteiger partial charge < -0.3 is 0 Å². The molecule has 0 N–H and O–H groups in total. The van der Waals surface area contributed by atoms with Gasteiger partial charge >= 0.3 is 99.8 Å². The Kier molecular flexibility index (Phi) is 5.05. The Morgan fingerprint density at radius 2 is 1.38 bits per heavy atom.